The molecule has 2 heterocycles. The molecule has 1 fully saturated rings. The maximum Gasteiger partial charge on any atom is 0.258 e. The Morgan fingerprint density at radius 1 is 1.06 bits per heavy atom. The van der Waals surface area contributed by atoms with Gasteiger partial charge in [0.1, 0.15) is 5.15 Å². The van der Waals surface area contributed by atoms with Crippen LogP contribution in [0.4, 0.5) is 0 Å². The lowest BCUT2D eigenvalue weighted by molar-refractivity contribution is 0.0697. The van der Waals surface area contributed by atoms with E-state index in [2.05, 4.69) is 5.10 Å². The summed E-state index contributed by atoms with van der Waals surface area (Å²) >= 11 is 6.52. The van der Waals surface area contributed by atoms with Gasteiger partial charge in [0.15, 0.2) is 0 Å². The van der Waals surface area contributed by atoms with Gasteiger partial charge in [-0.1, -0.05) is 41.9 Å². The Balaban J connectivity index is 1.46. The van der Waals surface area contributed by atoms with E-state index < -0.39 is 10.0 Å². The van der Waals surface area contributed by atoms with Gasteiger partial charge >= 0.3 is 0 Å². The van der Waals surface area contributed by atoms with Crippen LogP contribution < -0.4 is 0 Å². The molecule has 0 unspecified atom stereocenters. The van der Waals surface area contributed by atoms with Crippen LogP contribution in [0, 0.1) is 18.3 Å². The average molecular weight is 484 g/mol. The number of piperazine rings is 1. The van der Waals surface area contributed by atoms with Crippen LogP contribution in [-0.2, 0) is 16.6 Å². The summed E-state index contributed by atoms with van der Waals surface area (Å²) in [5.74, 6) is -0.257. The zero-order chi connectivity index (χ0) is 23.6. The Labute approximate surface area is 197 Å². The predicted octanol–water partition coefficient (Wildman–Crippen LogP) is 2.91. The van der Waals surface area contributed by atoms with Crippen molar-refractivity contribution in [2.24, 2.45) is 0 Å². The molecule has 0 aliphatic carbocycles. The first-order chi connectivity index (χ1) is 15.8. The minimum absolute atomic E-state index is 0.127. The summed E-state index contributed by atoms with van der Waals surface area (Å²) in [5.41, 5.74) is 2.29. The third kappa shape index (κ3) is 4.64. The van der Waals surface area contributed by atoms with Crippen molar-refractivity contribution >= 4 is 27.5 Å². The monoisotopic (exact) mass is 483 g/mol. The topological polar surface area (TPSA) is 99.3 Å². The number of carbonyl (C=O) groups is 1. The van der Waals surface area contributed by atoms with Crippen molar-refractivity contribution in [3.05, 3.63) is 82.1 Å². The van der Waals surface area contributed by atoms with E-state index in [4.69, 9.17) is 16.9 Å². The third-order valence-corrected chi connectivity index (χ3v) is 7.90. The lowest BCUT2D eigenvalue weighted by atomic mass is 10.2. The molecule has 170 valence electrons. The van der Waals surface area contributed by atoms with E-state index in [1.807, 2.05) is 36.4 Å². The van der Waals surface area contributed by atoms with Crippen molar-refractivity contribution in [3.8, 4) is 6.07 Å². The summed E-state index contributed by atoms with van der Waals surface area (Å²) in [7, 11) is -3.70. The molecule has 0 bridgehead atoms. The fourth-order valence-electron chi connectivity index (χ4n) is 3.80. The zero-order valence-corrected chi connectivity index (χ0v) is 19.6. The van der Waals surface area contributed by atoms with Gasteiger partial charge in [-0.25, -0.2) is 13.1 Å². The van der Waals surface area contributed by atoms with Gasteiger partial charge in [-0.05, 0) is 36.8 Å². The second-order valence-corrected chi connectivity index (χ2v) is 10.0. The number of hydrogen-bond donors (Lipinski definition) is 0. The van der Waals surface area contributed by atoms with Crippen LogP contribution in [0.3, 0.4) is 0 Å². The maximum absolute atomic E-state index is 13.2. The number of amides is 1. The highest BCUT2D eigenvalue weighted by Crippen LogP contribution is 2.24. The van der Waals surface area contributed by atoms with Gasteiger partial charge < -0.3 is 4.90 Å². The molecule has 33 heavy (non-hydrogen) atoms. The van der Waals surface area contributed by atoms with E-state index in [9.17, 15) is 13.2 Å². The van der Waals surface area contributed by atoms with Crippen molar-refractivity contribution in [1.29, 1.82) is 5.26 Å². The van der Waals surface area contributed by atoms with E-state index in [0.717, 1.165) is 5.56 Å². The molecule has 3 aromatic rings. The molecule has 1 aromatic heterocycles. The van der Waals surface area contributed by atoms with Gasteiger partial charge in [-0.2, -0.15) is 14.7 Å². The maximum atomic E-state index is 13.2. The van der Waals surface area contributed by atoms with Gasteiger partial charge in [-0.3, -0.25) is 4.79 Å². The van der Waals surface area contributed by atoms with E-state index in [1.54, 1.807) is 16.5 Å². The standard InChI is InChI=1S/C23H22ClN5O3S/c1-17-21(22(24)29(26-17)16-19-5-3-2-4-6-19)23(30)27-11-13-28(14-12-27)33(31,32)20-9-7-18(15-25)8-10-20/h2-10H,11-14,16H2,1H3. The first-order valence-electron chi connectivity index (χ1n) is 10.4. The van der Waals surface area contributed by atoms with Crippen LogP contribution >= 0.6 is 11.6 Å². The smallest absolute Gasteiger partial charge is 0.258 e. The summed E-state index contributed by atoms with van der Waals surface area (Å²) in [5, 5.41) is 13.6. The number of hydrogen-bond acceptors (Lipinski definition) is 5. The van der Waals surface area contributed by atoms with E-state index in [-0.39, 0.29) is 42.1 Å². The first kappa shape index (κ1) is 23.0. The number of aryl methyl sites for hydroxylation is 1. The average Bonchev–Trinajstić information content (AvgIpc) is 3.11. The molecule has 1 aliphatic heterocycles. The molecule has 0 N–H and O–H groups in total. The molecule has 0 saturated carbocycles. The fourth-order valence-corrected chi connectivity index (χ4v) is 5.53. The van der Waals surface area contributed by atoms with Crippen LogP contribution in [0.1, 0.15) is 27.2 Å². The van der Waals surface area contributed by atoms with Gasteiger partial charge in [-0.15, -0.1) is 0 Å². The molecule has 1 aliphatic rings. The van der Waals surface area contributed by atoms with Gasteiger partial charge in [0.25, 0.3) is 5.91 Å². The molecule has 0 radical (unpaired) electrons. The summed E-state index contributed by atoms with van der Waals surface area (Å²) in [6.45, 7) is 3.02. The van der Waals surface area contributed by atoms with Crippen molar-refractivity contribution in [2.75, 3.05) is 26.2 Å². The molecule has 8 nitrogen and oxygen atoms in total. The summed E-state index contributed by atoms with van der Waals surface area (Å²) < 4.78 is 28.8. The molecule has 0 spiro atoms. The molecule has 4 rings (SSSR count). The minimum Gasteiger partial charge on any atom is -0.336 e. The van der Waals surface area contributed by atoms with Gasteiger partial charge in [0, 0.05) is 26.2 Å². The normalized spacial score (nSPS) is 14.8. The molecular formula is C23H22ClN5O3S. The van der Waals surface area contributed by atoms with Crippen molar-refractivity contribution in [3.63, 3.8) is 0 Å². The molecular weight excluding hydrogens is 462 g/mol. The van der Waals surface area contributed by atoms with Crippen molar-refractivity contribution < 1.29 is 13.2 Å². The van der Waals surface area contributed by atoms with Crippen LogP contribution in [0.5, 0.6) is 0 Å². The molecule has 0 atom stereocenters. The Morgan fingerprint density at radius 2 is 1.70 bits per heavy atom. The van der Waals surface area contributed by atoms with Gasteiger partial charge in [0.05, 0.1) is 34.3 Å². The number of nitrogens with zero attached hydrogens (tertiary/aromatic N) is 5. The van der Waals surface area contributed by atoms with Crippen molar-refractivity contribution in [1.82, 2.24) is 19.0 Å². The lowest BCUT2D eigenvalue weighted by Crippen LogP contribution is -2.50. The lowest BCUT2D eigenvalue weighted by Gasteiger charge is -2.34. The van der Waals surface area contributed by atoms with Gasteiger partial charge in [0.2, 0.25) is 10.0 Å². The molecule has 10 heteroatoms. The highest BCUT2D eigenvalue weighted by molar-refractivity contribution is 7.89. The van der Waals surface area contributed by atoms with Crippen LogP contribution in [0.25, 0.3) is 0 Å². The SMILES string of the molecule is Cc1nn(Cc2ccccc2)c(Cl)c1C(=O)N1CCN(S(=O)(=O)c2ccc(C#N)cc2)CC1. The number of halogens is 1. The number of carbonyl (C=O) groups excluding carboxylic acids is 1. The highest BCUT2D eigenvalue weighted by Gasteiger charge is 2.32. The minimum atomic E-state index is -3.70. The van der Waals surface area contributed by atoms with Crippen LogP contribution in [0.2, 0.25) is 5.15 Å². The van der Waals surface area contributed by atoms with E-state index >= 15 is 0 Å². The Morgan fingerprint density at radius 3 is 2.30 bits per heavy atom. The first-order valence-corrected chi connectivity index (χ1v) is 12.2. The Bertz CT molecular complexity index is 1310. The Hall–Kier alpha value is -3.19. The number of nitriles is 1. The second kappa shape index (κ2) is 9.35. The van der Waals surface area contributed by atoms with Crippen LogP contribution in [0.15, 0.2) is 59.5 Å². The number of aromatic nitrogens is 2. The quantitative estimate of drug-likeness (QED) is 0.555. The summed E-state index contributed by atoms with van der Waals surface area (Å²) in [6, 6.07) is 17.5. The molecule has 2 aromatic carbocycles. The highest BCUT2D eigenvalue weighted by atomic mass is 35.5. The summed E-state index contributed by atoms with van der Waals surface area (Å²) in [6.07, 6.45) is 0. The zero-order valence-electron chi connectivity index (χ0n) is 18.0. The molecule has 1 amide bonds. The van der Waals surface area contributed by atoms with E-state index in [0.29, 0.717) is 23.4 Å². The third-order valence-electron chi connectivity index (χ3n) is 5.60. The largest absolute Gasteiger partial charge is 0.336 e. The predicted molar refractivity (Wildman–Crippen MR) is 123 cm³/mol. The number of rotatable bonds is 5. The second-order valence-electron chi connectivity index (χ2n) is 7.73. The molecule has 1 saturated heterocycles. The Kier molecular flexibility index (Phi) is 6.51. The number of benzene rings is 2. The van der Waals surface area contributed by atoms with Crippen molar-refractivity contribution in [2.45, 2.75) is 18.4 Å². The number of sulfonamides is 1. The van der Waals surface area contributed by atoms with E-state index in [1.165, 1.54) is 28.6 Å². The fraction of sp³-hybridized carbons (Fsp3) is 0.261. The van der Waals surface area contributed by atoms with Crippen LogP contribution in [-0.4, -0.2) is 59.5 Å². The summed E-state index contributed by atoms with van der Waals surface area (Å²) in [4.78, 5) is 14.9.